The third kappa shape index (κ3) is 3.32. The lowest BCUT2D eigenvalue weighted by Crippen LogP contribution is -2.25. The molecule has 3 nitrogen and oxygen atoms in total. The Morgan fingerprint density at radius 3 is 2.81 bits per heavy atom. The van der Waals surface area contributed by atoms with Gasteiger partial charge in [0.2, 0.25) is 0 Å². The van der Waals surface area contributed by atoms with Gasteiger partial charge in [-0.25, -0.2) is 0 Å². The highest BCUT2D eigenvalue weighted by Crippen LogP contribution is 2.24. The number of halogens is 1. The van der Waals surface area contributed by atoms with E-state index < -0.39 is 0 Å². The number of aliphatic hydroxyl groups excluding tert-OH is 1. The van der Waals surface area contributed by atoms with E-state index in [1.165, 1.54) is 0 Å². The smallest absolute Gasteiger partial charge is 0.152 e. The summed E-state index contributed by atoms with van der Waals surface area (Å²) in [6, 6.07) is 5.59. The molecule has 0 radical (unpaired) electrons. The predicted molar refractivity (Wildman–Crippen MR) is 69.1 cm³/mol. The lowest BCUT2D eigenvalue weighted by atomic mass is 10.1. The Balaban J connectivity index is 2.97. The van der Waals surface area contributed by atoms with Crippen molar-refractivity contribution < 1.29 is 9.90 Å². The molecule has 0 aliphatic carbocycles. The second kappa shape index (κ2) is 6.66. The fraction of sp³-hybridized carbons (Fsp3) is 0.417. The summed E-state index contributed by atoms with van der Waals surface area (Å²) >= 11 is 3.40. The van der Waals surface area contributed by atoms with Crippen molar-refractivity contribution in [2.45, 2.75) is 13.3 Å². The predicted octanol–water partition coefficient (Wildman–Crippen LogP) is 2.47. The Hall–Kier alpha value is -0.870. The second-order valence-electron chi connectivity index (χ2n) is 3.48. The van der Waals surface area contributed by atoms with Crippen LogP contribution in [0.1, 0.15) is 23.7 Å². The van der Waals surface area contributed by atoms with Gasteiger partial charge in [-0.05, 0) is 31.5 Å². The number of nitrogens with zero attached hydrogens (tertiary/aromatic N) is 1. The summed E-state index contributed by atoms with van der Waals surface area (Å²) in [6.45, 7) is 3.77. The molecule has 0 unspecified atom stereocenters. The molecule has 0 aliphatic rings. The minimum Gasteiger partial charge on any atom is -0.396 e. The van der Waals surface area contributed by atoms with Crippen LogP contribution in [0.4, 0.5) is 5.69 Å². The van der Waals surface area contributed by atoms with Gasteiger partial charge in [-0.2, -0.15) is 0 Å². The van der Waals surface area contributed by atoms with Crippen LogP contribution in [-0.4, -0.2) is 31.1 Å². The highest BCUT2D eigenvalue weighted by atomic mass is 79.9. The van der Waals surface area contributed by atoms with Crippen molar-refractivity contribution in [3.8, 4) is 0 Å². The number of hydrogen-bond donors (Lipinski definition) is 1. The van der Waals surface area contributed by atoms with Crippen molar-refractivity contribution in [2.75, 3.05) is 24.6 Å². The third-order valence-corrected chi connectivity index (χ3v) is 2.92. The molecule has 0 amide bonds. The Kier molecular flexibility index (Phi) is 5.49. The standard InChI is InChI=1S/C12H16BrNO2/c1-2-14(6-3-7-15)12-8-11(13)5-4-10(12)9-16/h4-5,8-9,15H,2-3,6-7H2,1H3. The van der Waals surface area contributed by atoms with E-state index >= 15 is 0 Å². The maximum atomic E-state index is 10.9. The summed E-state index contributed by atoms with van der Waals surface area (Å²) in [5, 5.41) is 8.83. The highest BCUT2D eigenvalue weighted by Gasteiger charge is 2.09. The molecule has 88 valence electrons. The molecule has 0 fully saturated rings. The number of benzene rings is 1. The van der Waals surface area contributed by atoms with E-state index in [1.807, 2.05) is 19.1 Å². The molecule has 0 saturated carbocycles. The van der Waals surface area contributed by atoms with Gasteiger partial charge < -0.3 is 10.0 Å². The summed E-state index contributed by atoms with van der Waals surface area (Å²) in [5.74, 6) is 0. The van der Waals surface area contributed by atoms with E-state index in [9.17, 15) is 4.79 Å². The van der Waals surface area contributed by atoms with Gasteiger partial charge in [0.25, 0.3) is 0 Å². The van der Waals surface area contributed by atoms with Crippen LogP contribution in [0.25, 0.3) is 0 Å². The van der Waals surface area contributed by atoms with Gasteiger partial charge in [0.05, 0.1) is 0 Å². The summed E-state index contributed by atoms with van der Waals surface area (Å²) in [5.41, 5.74) is 1.60. The zero-order chi connectivity index (χ0) is 12.0. The lowest BCUT2D eigenvalue weighted by molar-refractivity contribution is 0.112. The van der Waals surface area contributed by atoms with E-state index in [0.29, 0.717) is 12.0 Å². The van der Waals surface area contributed by atoms with Crippen LogP contribution in [0.5, 0.6) is 0 Å². The fourth-order valence-electron chi connectivity index (χ4n) is 1.60. The van der Waals surface area contributed by atoms with E-state index in [4.69, 9.17) is 5.11 Å². The molecular formula is C12H16BrNO2. The second-order valence-corrected chi connectivity index (χ2v) is 4.39. The van der Waals surface area contributed by atoms with Crippen molar-refractivity contribution in [3.05, 3.63) is 28.2 Å². The number of rotatable bonds is 6. The normalized spacial score (nSPS) is 10.2. The number of anilines is 1. The topological polar surface area (TPSA) is 40.5 Å². The maximum Gasteiger partial charge on any atom is 0.152 e. The highest BCUT2D eigenvalue weighted by molar-refractivity contribution is 9.10. The first-order chi connectivity index (χ1) is 7.72. The molecule has 1 aromatic carbocycles. The Labute approximate surface area is 104 Å². The fourth-order valence-corrected chi connectivity index (χ4v) is 1.95. The maximum absolute atomic E-state index is 10.9. The van der Waals surface area contributed by atoms with Crippen LogP contribution in [0.15, 0.2) is 22.7 Å². The van der Waals surface area contributed by atoms with Gasteiger partial charge in [0.15, 0.2) is 6.29 Å². The van der Waals surface area contributed by atoms with E-state index in [1.54, 1.807) is 6.07 Å². The van der Waals surface area contributed by atoms with Crippen LogP contribution in [0, 0.1) is 0 Å². The largest absolute Gasteiger partial charge is 0.396 e. The number of carbonyl (C=O) groups excluding carboxylic acids is 1. The van der Waals surface area contributed by atoms with Crippen LogP contribution >= 0.6 is 15.9 Å². The summed E-state index contributed by atoms with van der Waals surface area (Å²) in [7, 11) is 0. The molecule has 0 spiro atoms. The molecule has 1 N–H and O–H groups in total. The average Bonchev–Trinajstić information content (AvgIpc) is 2.30. The minimum absolute atomic E-state index is 0.168. The molecule has 16 heavy (non-hydrogen) atoms. The van der Waals surface area contributed by atoms with Gasteiger partial charge in [-0.3, -0.25) is 4.79 Å². The van der Waals surface area contributed by atoms with Gasteiger partial charge >= 0.3 is 0 Å². The molecule has 1 aromatic rings. The molecule has 1 rings (SSSR count). The molecule has 0 saturated heterocycles. The van der Waals surface area contributed by atoms with Crippen LogP contribution in [-0.2, 0) is 0 Å². The lowest BCUT2D eigenvalue weighted by Gasteiger charge is -2.24. The SMILES string of the molecule is CCN(CCCO)c1cc(Br)ccc1C=O. The first-order valence-corrected chi connectivity index (χ1v) is 6.12. The van der Waals surface area contributed by atoms with Gasteiger partial charge in [0.1, 0.15) is 0 Å². The van der Waals surface area contributed by atoms with Crippen molar-refractivity contribution in [2.24, 2.45) is 0 Å². The Morgan fingerprint density at radius 1 is 1.50 bits per heavy atom. The van der Waals surface area contributed by atoms with E-state index in [-0.39, 0.29) is 6.61 Å². The zero-order valence-electron chi connectivity index (χ0n) is 9.32. The van der Waals surface area contributed by atoms with Gasteiger partial charge in [-0.15, -0.1) is 0 Å². The average molecular weight is 286 g/mol. The van der Waals surface area contributed by atoms with E-state index in [0.717, 1.165) is 29.5 Å². The van der Waals surface area contributed by atoms with Crippen LogP contribution in [0.3, 0.4) is 0 Å². The summed E-state index contributed by atoms with van der Waals surface area (Å²) in [4.78, 5) is 13.0. The monoisotopic (exact) mass is 285 g/mol. The molecule has 0 atom stereocenters. The van der Waals surface area contributed by atoms with Crippen LogP contribution in [0.2, 0.25) is 0 Å². The molecule has 0 aromatic heterocycles. The van der Waals surface area contributed by atoms with Gasteiger partial charge in [-0.1, -0.05) is 15.9 Å². The molecule has 0 heterocycles. The molecular weight excluding hydrogens is 270 g/mol. The van der Waals surface area contributed by atoms with E-state index in [2.05, 4.69) is 20.8 Å². The summed E-state index contributed by atoms with van der Waals surface area (Å²) < 4.78 is 0.954. The minimum atomic E-state index is 0.168. The Morgan fingerprint density at radius 2 is 2.25 bits per heavy atom. The van der Waals surface area contributed by atoms with Crippen molar-refractivity contribution >= 4 is 27.9 Å². The number of carbonyl (C=O) groups is 1. The molecule has 0 aliphatic heterocycles. The van der Waals surface area contributed by atoms with Crippen molar-refractivity contribution in [1.29, 1.82) is 0 Å². The third-order valence-electron chi connectivity index (χ3n) is 2.43. The quantitative estimate of drug-likeness (QED) is 0.817. The van der Waals surface area contributed by atoms with Gasteiger partial charge in [0, 0.05) is 35.4 Å². The summed E-state index contributed by atoms with van der Waals surface area (Å²) in [6.07, 6.45) is 1.57. The number of aliphatic hydroxyl groups is 1. The molecule has 4 heteroatoms. The Bertz CT molecular complexity index is 355. The number of aldehydes is 1. The molecule has 0 bridgehead atoms. The number of hydrogen-bond acceptors (Lipinski definition) is 3. The van der Waals surface area contributed by atoms with Crippen molar-refractivity contribution in [1.82, 2.24) is 0 Å². The zero-order valence-corrected chi connectivity index (χ0v) is 10.9. The first kappa shape index (κ1) is 13.2. The van der Waals surface area contributed by atoms with Crippen LogP contribution < -0.4 is 4.90 Å². The van der Waals surface area contributed by atoms with Crippen molar-refractivity contribution in [3.63, 3.8) is 0 Å². The first-order valence-electron chi connectivity index (χ1n) is 5.33.